The first-order chi connectivity index (χ1) is 7.83. The average Bonchev–Trinajstić information content (AvgIpc) is 2.26. The van der Waals surface area contributed by atoms with E-state index in [1.54, 1.807) is 6.33 Å². The van der Waals surface area contributed by atoms with Gasteiger partial charge in [0.05, 0.1) is 0 Å². The van der Waals surface area contributed by atoms with E-state index < -0.39 is 0 Å². The van der Waals surface area contributed by atoms with Gasteiger partial charge in [-0.25, -0.2) is 9.97 Å². The number of aromatic nitrogens is 2. The van der Waals surface area contributed by atoms with Crippen molar-refractivity contribution in [3.05, 3.63) is 18.1 Å². The third-order valence-electron chi connectivity index (χ3n) is 3.19. The lowest BCUT2D eigenvalue weighted by atomic mass is 10.0. The molecule has 0 aliphatic carbocycles. The summed E-state index contributed by atoms with van der Waals surface area (Å²) in [5.74, 6) is 1.33. The molecule has 0 atom stereocenters. The third-order valence-corrected chi connectivity index (χ3v) is 3.19. The molecule has 0 bridgehead atoms. The number of anilines is 1. The van der Waals surface area contributed by atoms with Crippen molar-refractivity contribution in [2.75, 3.05) is 26.0 Å². The number of likely N-dealkylation sites (N-methyl/N-ethyl adjacent to an activating group) is 1. The molecule has 17 heavy (non-hydrogen) atoms. The van der Waals surface area contributed by atoms with Gasteiger partial charge in [-0.05, 0) is 33.9 Å². The van der Waals surface area contributed by atoms with E-state index in [2.05, 4.69) is 62.0 Å². The lowest BCUT2D eigenvalue weighted by molar-refractivity contribution is 0.210. The van der Waals surface area contributed by atoms with Gasteiger partial charge in [-0.3, -0.25) is 0 Å². The van der Waals surface area contributed by atoms with Crippen LogP contribution in [0.4, 0.5) is 5.82 Å². The molecule has 4 heteroatoms. The third kappa shape index (κ3) is 3.97. The molecule has 0 aromatic carbocycles. The molecule has 1 aromatic heterocycles. The zero-order chi connectivity index (χ0) is 13.1. The summed E-state index contributed by atoms with van der Waals surface area (Å²) < 4.78 is 0. The van der Waals surface area contributed by atoms with E-state index in [-0.39, 0.29) is 5.54 Å². The topological polar surface area (TPSA) is 41.0 Å². The minimum Gasteiger partial charge on any atom is -0.368 e. The van der Waals surface area contributed by atoms with Crippen molar-refractivity contribution in [2.45, 2.75) is 39.2 Å². The minimum absolute atomic E-state index is 0.100. The number of nitrogens with zero attached hydrogens (tertiary/aromatic N) is 3. The maximum absolute atomic E-state index is 4.26. The Hall–Kier alpha value is -1.16. The summed E-state index contributed by atoms with van der Waals surface area (Å²) in [6, 6.07) is 2.02. The Kier molecular flexibility index (Phi) is 4.46. The van der Waals surface area contributed by atoms with Crippen molar-refractivity contribution >= 4 is 5.82 Å². The fourth-order valence-corrected chi connectivity index (χ4v) is 1.25. The maximum atomic E-state index is 4.26. The predicted octanol–water partition coefficient (Wildman–Crippen LogP) is 2.35. The minimum atomic E-state index is 0.100. The van der Waals surface area contributed by atoms with E-state index in [1.165, 1.54) is 0 Å². The smallest absolute Gasteiger partial charge is 0.129 e. The second-order valence-corrected chi connectivity index (χ2v) is 5.54. The van der Waals surface area contributed by atoms with E-state index in [1.807, 2.05) is 6.07 Å². The zero-order valence-electron chi connectivity index (χ0n) is 11.8. The van der Waals surface area contributed by atoms with E-state index in [0.29, 0.717) is 5.92 Å². The van der Waals surface area contributed by atoms with Crippen LogP contribution in [0.3, 0.4) is 0 Å². The Morgan fingerprint density at radius 3 is 2.47 bits per heavy atom. The summed E-state index contributed by atoms with van der Waals surface area (Å²) >= 11 is 0. The molecule has 0 spiro atoms. The molecule has 96 valence electrons. The molecule has 1 aromatic rings. The van der Waals surface area contributed by atoms with Crippen LogP contribution in [0, 0.1) is 0 Å². The molecule has 1 heterocycles. The van der Waals surface area contributed by atoms with Crippen LogP contribution in [0.15, 0.2) is 12.4 Å². The summed E-state index contributed by atoms with van der Waals surface area (Å²) in [7, 11) is 4.17. The van der Waals surface area contributed by atoms with Crippen LogP contribution in [-0.4, -0.2) is 41.0 Å². The predicted molar refractivity (Wildman–Crippen MR) is 72.4 cm³/mol. The van der Waals surface area contributed by atoms with Crippen molar-refractivity contribution in [2.24, 2.45) is 0 Å². The van der Waals surface area contributed by atoms with Gasteiger partial charge in [0, 0.05) is 23.8 Å². The SMILES string of the molecule is CC(C)c1cc(NCC(C)(C)N(C)C)ncn1. The summed E-state index contributed by atoms with van der Waals surface area (Å²) in [6.45, 7) is 9.52. The molecule has 0 unspecified atom stereocenters. The van der Waals surface area contributed by atoms with Gasteiger partial charge >= 0.3 is 0 Å². The monoisotopic (exact) mass is 236 g/mol. The molecular weight excluding hydrogens is 212 g/mol. The van der Waals surface area contributed by atoms with Crippen LogP contribution < -0.4 is 5.32 Å². The second-order valence-electron chi connectivity index (χ2n) is 5.54. The molecule has 0 aliphatic heterocycles. The molecule has 0 amide bonds. The highest BCUT2D eigenvalue weighted by Crippen LogP contribution is 2.15. The van der Waals surface area contributed by atoms with Gasteiger partial charge in [-0.1, -0.05) is 13.8 Å². The fourth-order valence-electron chi connectivity index (χ4n) is 1.25. The Morgan fingerprint density at radius 2 is 1.94 bits per heavy atom. The molecule has 0 saturated carbocycles. The van der Waals surface area contributed by atoms with Crippen LogP contribution in [0.25, 0.3) is 0 Å². The first kappa shape index (κ1) is 13.9. The van der Waals surface area contributed by atoms with Crippen molar-refractivity contribution in [1.29, 1.82) is 0 Å². The van der Waals surface area contributed by atoms with Crippen LogP contribution >= 0.6 is 0 Å². The highest BCUT2D eigenvalue weighted by Gasteiger charge is 2.20. The highest BCUT2D eigenvalue weighted by atomic mass is 15.2. The molecular formula is C13H24N4. The van der Waals surface area contributed by atoms with E-state index in [4.69, 9.17) is 0 Å². The first-order valence-electron chi connectivity index (χ1n) is 6.06. The summed E-state index contributed by atoms with van der Waals surface area (Å²) in [6.07, 6.45) is 1.63. The second kappa shape index (κ2) is 5.45. The molecule has 4 nitrogen and oxygen atoms in total. The largest absolute Gasteiger partial charge is 0.368 e. The number of hydrogen-bond donors (Lipinski definition) is 1. The molecule has 1 N–H and O–H groups in total. The van der Waals surface area contributed by atoms with Crippen molar-refractivity contribution in [3.8, 4) is 0 Å². The fraction of sp³-hybridized carbons (Fsp3) is 0.692. The lowest BCUT2D eigenvalue weighted by Gasteiger charge is -2.32. The molecule has 1 rings (SSSR count). The normalized spacial score (nSPS) is 12.2. The van der Waals surface area contributed by atoms with E-state index >= 15 is 0 Å². The van der Waals surface area contributed by atoms with Crippen LogP contribution in [0.5, 0.6) is 0 Å². The van der Waals surface area contributed by atoms with Crippen molar-refractivity contribution in [1.82, 2.24) is 14.9 Å². The van der Waals surface area contributed by atoms with Gasteiger partial charge in [0.2, 0.25) is 0 Å². The Labute approximate surface area is 104 Å². The highest BCUT2D eigenvalue weighted by molar-refractivity contribution is 5.36. The summed E-state index contributed by atoms with van der Waals surface area (Å²) in [5, 5.41) is 3.37. The van der Waals surface area contributed by atoms with Crippen LogP contribution in [0.2, 0.25) is 0 Å². The van der Waals surface area contributed by atoms with Gasteiger partial charge < -0.3 is 10.2 Å². The van der Waals surface area contributed by atoms with E-state index in [0.717, 1.165) is 18.1 Å². The number of nitrogens with one attached hydrogen (secondary N) is 1. The quantitative estimate of drug-likeness (QED) is 0.852. The number of hydrogen-bond acceptors (Lipinski definition) is 4. The van der Waals surface area contributed by atoms with Crippen LogP contribution in [-0.2, 0) is 0 Å². The van der Waals surface area contributed by atoms with Gasteiger partial charge in [0.25, 0.3) is 0 Å². The molecule has 0 saturated heterocycles. The van der Waals surface area contributed by atoms with Crippen LogP contribution in [0.1, 0.15) is 39.3 Å². The van der Waals surface area contributed by atoms with Crippen molar-refractivity contribution in [3.63, 3.8) is 0 Å². The Balaban J connectivity index is 2.67. The standard InChI is InChI=1S/C13H24N4/c1-10(2)11-7-12(16-9-15-11)14-8-13(3,4)17(5)6/h7,9-10H,8H2,1-6H3,(H,14,15,16). The zero-order valence-corrected chi connectivity index (χ0v) is 11.8. The molecule has 0 fully saturated rings. The Bertz CT molecular complexity index is 358. The number of rotatable bonds is 5. The van der Waals surface area contributed by atoms with Gasteiger partial charge in [-0.15, -0.1) is 0 Å². The molecule has 0 aliphatic rings. The lowest BCUT2D eigenvalue weighted by Crippen LogP contribution is -2.44. The maximum Gasteiger partial charge on any atom is 0.129 e. The average molecular weight is 236 g/mol. The first-order valence-corrected chi connectivity index (χ1v) is 6.06. The van der Waals surface area contributed by atoms with Crippen molar-refractivity contribution < 1.29 is 0 Å². The Morgan fingerprint density at radius 1 is 1.29 bits per heavy atom. The molecule has 0 radical (unpaired) electrons. The summed E-state index contributed by atoms with van der Waals surface area (Å²) in [5.41, 5.74) is 1.17. The summed E-state index contributed by atoms with van der Waals surface area (Å²) in [4.78, 5) is 10.7. The van der Waals surface area contributed by atoms with E-state index in [9.17, 15) is 0 Å². The van der Waals surface area contributed by atoms with Gasteiger partial charge in [0.1, 0.15) is 12.1 Å². The van der Waals surface area contributed by atoms with Gasteiger partial charge in [-0.2, -0.15) is 0 Å². The van der Waals surface area contributed by atoms with Gasteiger partial charge in [0.15, 0.2) is 0 Å².